The Morgan fingerprint density at radius 1 is 1.71 bits per heavy atom. The lowest BCUT2D eigenvalue weighted by atomic mass is 9.90. The third-order valence-electron chi connectivity index (χ3n) is 2.66. The van der Waals surface area contributed by atoms with Gasteiger partial charge in [-0.2, -0.15) is 0 Å². The number of halogens is 1. The van der Waals surface area contributed by atoms with E-state index in [0.29, 0.717) is 6.42 Å². The standard InChI is InChI=1S/C9H12N2O2.ClH/c1-11-5-10-7-4-6(9(12)13)2-3-8(7)11;/h5-6H,2-4H2,1H3,(H,12,13);1H. The summed E-state index contributed by atoms with van der Waals surface area (Å²) in [5, 5.41) is 8.84. The summed E-state index contributed by atoms with van der Waals surface area (Å²) in [6, 6.07) is 0. The molecular formula is C9H13ClN2O2. The predicted molar refractivity (Wildman–Crippen MR) is 53.6 cm³/mol. The number of imidazole rings is 1. The predicted octanol–water partition coefficient (Wildman–Crippen LogP) is 1.03. The second-order valence-corrected chi connectivity index (χ2v) is 3.53. The number of aromatic nitrogens is 2. The van der Waals surface area contributed by atoms with E-state index in [1.807, 2.05) is 11.6 Å². The van der Waals surface area contributed by atoms with Crippen LogP contribution in [0.2, 0.25) is 0 Å². The molecule has 1 atom stereocenters. The highest BCUT2D eigenvalue weighted by Crippen LogP contribution is 2.23. The maximum atomic E-state index is 10.7. The molecule has 0 saturated heterocycles. The fourth-order valence-electron chi connectivity index (χ4n) is 1.85. The van der Waals surface area contributed by atoms with E-state index < -0.39 is 5.97 Å². The molecule has 1 aromatic heterocycles. The van der Waals surface area contributed by atoms with Crippen molar-refractivity contribution in [3.63, 3.8) is 0 Å². The quantitative estimate of drug-likeness (QED) is 0.763. The van der Waals surface area contributed by atoms with E-state index in [-0.39, 0.29) is 18.3 Å². The van der Waals surface area contributed by atoms with Crippen LogP contribution in [-0.4, -0.2) is 20.6 Å². The van der Waals surface area contributed by atoms with Crippen LogP contribution in [-0.2, 0) is 24.7 Å². The Morgan fingerprint density at radius 2 is 2.43 bits per heavy atom. The molecule has 0 aliphatic heterocycles. The molecule has 1 unspecified atom stereocenters. The van der Waals surface area contributed by atoms with Crippen molar-refractivity contribution < 1.29 is 9.90 Å². The summed E-state index contributed by atoms with van der Waals surface area (Å²) < 4.78 is 1.98. The highest BCUT2D eigenvalue weighted by molar-refractivity contribution is 5.85. The molecule has 0 amide bonds. The molecular weight excluding hydrogens is 204 g/mol. The number of carboxylic acids is 1. The van der Waals surface area contributed by atoms with Crippen molar-refractivity contribution in [2.75, 3.05) is 0 Å². The number of aryl methyl sites for hydroxylation is 1. The van der Waals surface area contributed by atoms with Crippen LogP contribution in [0.4, 0.5) is 0 Å². The Morgan fingerprint density at radius 3 is 3.07 bits per heavy atom. The first-order valence-electron chi connectivity index (χ1n) is 4.40. The van der Waals surface area contributed by atoms with Gasteiger partial charge in [0.05, 0.1) is 17.9 Å². The third kappa shape index (κ3) is 1.75. The van der Waals surface area contributed by atoms with Gasteiger partial charge >= 0.3 is 5.97 Å². The Kier molecular flexibility index (Phi) is 3.16. The Bertz CT molecular complexity index is 349. The normalized spacial score (nSPS) is 19.6. The van der Waals surface area contributed by atoms with E-state index in [0.717, 1.165) is 18.5 Å². The molecule has 1 N–H and O–H groups in total. The molecule has 14 heavy (non-hydrogen) atoms. The summed E-state index contributed by atoms with van der Waals surface area (Å²) in [5.41, 5.74) is 2.15. The first-order valence-corrected chi connectivity index (χ1v) is 4.40. The van der Waals surface area contributed by atoms with Crippen molar-refractivity contribution in [1.82, 2.24) is 9.55 Å². The molecule has 0 radical (unpaired) electrons. The second kappa shape index (κ2) is 4.00. The molecule has 1 aromatic rings. The number of hydrogen-bond acceptors (Lipinski definition) is 2. The van der Waals surface area contributed by atoms with Crippen LogP contribution in [0.1, 0.15) is 17.8 Å². The Labute approximate surface area is 88.4 Å². The van der Waals surface area contributed by atoms with E-state index in [1.54, 1.807) is 6.33 Å². The van der Waals surface area contributed by atoms with Gasteiger partial charge < -0.3 is 9.67 Å². The zero-order chi connectivity index (χ0) is 9.42. The van der Waals surface area contributed by atoms with E-state index in [9.17, 15) is 4.79 Å². The summed E-state index contributed by atoms with van der Waals surface area (Å²) in [6.45, 7) is 0. The van der Waals surface area contributed by atoms with Crippen molar-refractivity contribution in [2.45, 2.75) is 19.3 Å². The molecule has 1 aliphatic rings. The molecule has 0 fully saturated rings. The monoisotopic (exact) mass is 216 g/mol. The first-order chi connectivity index (χ1) is 6.18. The Balaban J connectivity index is 0.000000980. The number of hydrogen-bond donors (Lipinski definition) is 1. The summed E-state index contributed by atoms with van der Waals surface area (Å²) in [5.74, 6) is -0.932. The second-order valence-electron chi connectivity index (χ2n) is 3.53. The van der Waals surface area contributed by atoms with Crippen molar-refractivity contribution in [3.05, 3.63) is 17.7 Å². The molecule has 1 heterocycles. The third-order valence-corrected chi connectivity index (χ3v) is 2.66. The SMILES string of the molecule is Cl.Cn1cnc2c1CCC(C(=O)O)C2. The maximum Gasteiger partial charge on any atom is 0.306 e. The van der Waals surface area contributed by atoms with Gasteiger partial charge in [-0.3, -0.25) is 4.79 Å². The van der Waals surface area contributed by atoms with Crippen LogP contribution >= 0.6 is 12.4 Å². The number of carbonyl (C=O) groups is 1. The zero-order valence-corrected chi connectivity index (χ0v) is 8.75. The lowest BCUT2D eigenvalue weighted by Gasteiger charge is -2.18. The van der Waals surface area contributed by atoms with Gasteiger partial charge in [0, 0.05) is 19.2 Å². The minimum Gasteiger partial charge on any atom is -0.481 e. The highest BCUT2D eigenvalue weighted by atomic mass is 35.5. The van der Waals surface area contributed by atoms with Crippen LogP contribution in [0.15, 0.2) is 6.33 Å². The number of nitrogens with zero attached hydrogens (tertiary/aromatic N) is 2. The van der Waals surface area contributed by atoms with Crippen molar-refractivity contribution in [1.29, 1.82) is 0 Å². The van der Waals surface area contributed by atoms with Crippen LogP contribution < -0.4 is 0 Å². The van der Waals surface area contributed by atoms with E-state index in [1.165, 1.54) is 5.69 Å². The lowest BCUT2D eigenvalue weighted by Crippen LogP contribution is -2.22. The summed E-state index contributed by atoms with van der Waals surface area (Å²) in [4.78, 5) is 14.9. The number of carboxylic acid groups (broad SMARTS) is 1. The van der Waals surface area contributed by atoms with Gasteiger partial charge in [0.15, 0.2) is 0 Å². The van der Waals surface area contributed by atoms with Gasteiger partial charge in [0.2, 0.25) is 0 Å². The molecule has 2 rings (SSSR count). The summed E-state index contributed by atoms with van der Waals surface area (Å²) in [6.07, 6.45) is 3.92. The molecule has 4 nitrogen and oxygen atoms in total. The van der Waals surface area contributed by atoms with E-state index in [2.05, 4.69) is 4.98 Å². The lowest BCUT2D eigenvalue weighted by molar-refractivity contribution is -0.142. The van der Waals surface area contributed by atoms with Gasteiger partial charge in [-0.1, -0.05) is 0 Å². The Hall–Kier alpha value is -1.03. The maximum absolute atomic E-state index is 10.7. The van der Waals surface area contributed by atoms with Gasteiger partial charge in [-0.15, -0.1) is 12.4 Å². The minimum absolute atomic E-state index is 0. The topological polar surface area (TPSA) is 55.1 Å². The van der Waals surface area contributed by atoms with Crippen LogP contribution in [0, 0.1) is 5.92 Å². The summed E-state index contributed by atoms with van der Waals surface area (Å²) >= 11 is 0. The molecule has 0 aromatic carbocycles. The molecule has 78 valence electrons. The zero-order valence-electron chi connectivity index (χ0n) is 7.93. The molecule has 0 saturated carbocycles. The minimum atomic E-state index is -0.698. The van der Waals surface area contributed by atoms with Crippen LogP contribution in [0.5, 0.6) is 0 Å². The molecule has 1 aliphatic carbocycles. The fourth-order valence-corrected chi connectivity index (χ4v) is 1.85. The highest BCUT2D eigenvalue weighted by Gasteiger charge is 2.26. The number of fused-ring (bicyclic) bond motifs is 1. The van der Waals surface area contributed by atoms with E-state index in [4.69, 9.17) is 5.11 Å². The van der Waals surface area contributed by atoms with Gasteiger partial charge in [0.25, 0.3) is 0 Å². The van der Waals surface area contributed by atoms with Gasteiger partial charge in [-0.05, 0) is 12.8 Å². The van der Waals surface area contributed by atoms with Crippen LogP contribution in [0.25, 0.3) is 0 Å². The first kappa shape index (κ1) is 11.0. The van der Waals surface area contributed by atoms with Crippen molar-refractivity contribution in [2.24, 2.45) is 13.0 Å². The molecule has 0 spiro atoms. The van der Waals surface area contributed by atoms with Crippen molar-refractivity contribution >= 4 is 18.4 Å². The molecule has 0 bridgehead atoms. The largest absolute Gasteiger partial charge is 0.481 e. The van der Waals surface area contributed by atoms with E-state index >= 15 is 0 Å². The number of rotatable bonds is 1. The fraction of sp³-hybridized carbons (Fsp3) is 0.556. The average Bonchev–Trinajstić information content (AvgIpc) is 2.47. The average molecular weight is 217 g/mol. The molecule has 5 heteroatoms. The smallest absolute Gasteiger partial charge is 0.306 e. The summed E-state index contributed by atoms with van der Waals surface area (Å²) in [7, 11) is 1.95. The van der Waals surface area contributed by atoms with Gasteiger partial charge in [-0.25, -0.2) is 4.98 Å². The van der Waals surface area contributed by atoms with Crippen molar-refractivity contribution in [3.8, 4) is 0 Å². The van der Waals surface area contributed by atoms with Crippen LogP contribution in [0.3, 0.4) is 0 Å². The number of aliphatic carboxylic acids is 1. The van der Waals surface area contributed by atoms with Gasteiger partial charge in [0.1, 0.15) is 0 Å².